The first kappa shape index (κ1) is 20.0. The van der Waals surface area contributed by atoms with Gasteiger partial charge in [-0.1, -0.05) is 111 Å². The number of fused-ring (bicyclic) bond motifs is 2. The summed E-state index contributed by atoms with van der Waals surface area (Å²) in [5.74, 6) is 1.46. The molecule has 4 aromatic carbocycles. The lowest BCUT2D eigenvalue weighted by molar-refractivity contribution is 0.445. The zero-order valence-electron chi connectivity index (χ0n) is 19.2. The highest BCUT2D eigenvalue weighted by molar-refractivity contribution is 6.07. The van der Waals surface area contributed by atoms with Gasteiger partial charge in [0.15, 0.2) is 0 Å². The minimum Gasteiger partial charge on any atom is -0.0616 e. The van der Waals surface area contributed by atoms with Crippen molar-refractivity contribution < 1.29 is 0 Å². The molecule has 0 bridgehead atoms. The lowest BCUT2D eigenvalue weighted by Crippen LogP contribution is -2.06. The Kier molecular flexibility index (Phi) is 5.47. The van der Waals surface area contributed by atoms with Crippen LogP contribution in [-0.2, 0) is 0 Å². The lowest BCUT2D eigenvalue weighted by Gasteiger charge is -2.25. The fourth-order valence-electron chi connectivity index (χ4n) is 6.65. The van der Waals surface area contributed by atoms with Crippen LogP contribution in [0.1, 0.15) is 87.2 Å². The average molecular weight is 419 g/mol. The van der Waals surface area contributed by atoms with Gasteiger partial charge in [0.1, 0.15) is 0 Å². The van der Waals surface area contributed by atoms with Gasteiger partial charge in [-0.2, -0.15) is 0 Å². The first-order valence-electron chi connectivity index (χ1n) is 12.9. The van der Waals surface area contributed by atoms with Crippen LogP contribution in [0.4, 0.5) is 0 Å². The molecule has 162 valence electrons. The maximum absolute atomic E-state index is 2.46. The van der Waals surface area contributed by atoms with Crippen molar-refractivity contribution in [3.8, 4) is 11.1 Å². The van der Waals surface area contributed by atoms with Crippen LogP contribution in [0.3, 0.4) is 0 Å². The predicted octanol–water partition coefficient (Wildman–Crippen LogP) is 9.76. The second kappa shape index (κ2) is 8.74. The van der Waals surface area contributed by atoms with E-state index in [9.17, 15) is 0 Å². The molecule has 0 saturated heterocycles. The predicted molar refractivity (Wildman–Crippen MR) is 139 cm³/mol. The van der Waals surface area contributed by atoms with Gasteiger partial charge in [0.25, 0.3) is 0 Å². The molecule has 0 radical (unpaired) electrons. The lowest BCUT2D eigenvalue weighted by atomic mass is 9.79. The first-order valence-corrected chi connectivity index (χ1v) is 12.9. The molecule has 6 rings (SSSR count). The summed E-state index contributed by atoms with van der Waals surface area (Å²) in [5.41, 5.74) is 5.94. The van der Waals surface area contributed by atoms with Gasteiger partial charge in [0.05, 0.1) is 0 Å². The fourth-order valence-corrected chi connectivity index (χ4v) is 6.65. The van der Waals surface area contributed by atoms with Crippen molar-refractivity contribution in [1.82, 2.24) is 0 Å². The first-order chi connectivity index (χ1) is 15.9. The van der Waals surface area contributed by atoms with Crippen molar-refractivity contribution in [2.24, 2.45) is 0 Å². The summed E-state index contributed by atoms with van der Waals surface area (Å²) in [6.45, 7) is 0. The third-order valence-corrected chi connectivity index (χ3v) is 8.30. The molecule has 2 saturated carbocycles. The van der Waals surface area contributed by atoms with E-state index in [2.05, 4.69) is 72.8 Å². The summed E-state index contributed by atoms with van der Waals surface area (Å²) in [5, 5.41) is 5.78. The number of rotatable bonds is 3. The van der Waals surface area contributed by atoms with Crippen molar-refractivity contribution >= 4 is 21.5 Å². The summed E-state index contributed by atoms with van der Waals surface area (Å²) >= 11 is 0. The van der Waals surface area contributed by atoms with Gasteiger partial charge >= 0.3 is 0 Å². The average Bonchev–Trinajstić information content (AvgIpc) is 2.88. The molecule has 0 heteroatoms. The molecule has 0 unspecified atom stereocenters. The quantitative estimate of drug-likeness (QED) is 0.310. The molecule has 0 aliphatic heterocycles. The Balaban J connectivity index is 1.51. The van der Waals surface area contributed by atoms with Crippen LogP contribution in [0.5, 0.6) is 0 Å². The molecular weight excluding hydrogens is 384 g/mol. The maximum atomic E-state index is 2.46. The Morgan fingerprint density at radius 3 is 1.16 bits per heavy atom. The second-order valence-corrected chi connectivity index (χ2v) is 10.2. The molecule has 0 amide bonds. The molecule has 0 atom stereocenters. The van der Waals surface area contributed by atoms with E-state index >= 15 is 0 Å². The van der Waals surface area contributed by atoms with Crippen molar-refractivity contribution in [1.29, 1.82) is 0 Å². The molecule has 4 aromatic rings. The van der Waals surface area contributed by atoms with E-state index in [1.54, 1.807) is 11.1 Å². The number of hydrogen-bond donors (Lipinski definition) is 0. The van der Waals surface area contributed by atoms with Crippen LogP contribution in [0.2, 0.25) is 0 Å². The Bertz CT molecular complexity index is 1140. The monoisotopic (exact) mass is 418 g/mol. The van der Waals surface area contributed by atoms with Crippen LogP contribution < -0.4 is 0 Å². The van der Waals surface area contributed by atoms with Gasteiger partial charge in [-0.15, -0.1) is 0 Å². The standard InChI is InChI=1S/C32H34/c1-3-11-23(12-4-1)25-19-21-31(29-17-9-7-15-27(25)29)32-22-20-26(24-13-5-2-6-14-24)28-16-8-10-18-30(28)32/h7-10,15-24H,1-6,11-14H2. The van der Waals surface area contributed by atoms with Gasteiger partial charge in [-0.25, -0.2) is 0 Å². The molecular formula is C32H34. The molecule has 0 heterocycles. The Morgan fingerprint density at radius 2 is 0.750 bits per heavy atom. The molecule has 0 aromatic heterocycles. The van der Waals surface area contributed by atoms with Gasteiger partial charge < -0.3 is 0 Å². The van der Waals surface area contributed by atoms with E-state index in [1.165, 1.54) is 96.9 Å². The molecule has 2 aliphatic rings. The maximum Gasteiger partial charge on any atom is -0.00990 e. The van der Waals surface area contributed by atoms with Crippen LogP contribution in [-0.4, -0.2) is 0 Å². The van der Waals surface area contributed by atoms with Crippen molar-refractivity contribution in [3.05, 3.63) is 83.9 Å². The SMILES string of the molecule is c1ccc2c(C3CCCCC3)ccc(-c3ccc(C4CCCCC4)c4ccccc34)c2c1. The number of hydrogen-bond acceptors (Lipinski definition) is 0. The molecule has 0 N–H and O–H groups in total. The largest absolute Gasteiger partial charge is 0.0616 e. The van der Waals surface area contributed by atoms with E-state index in [-0.39, 0.29) is 0 Å². The number of benzene rings is 4. The Morgan fingerprint density at radius 1 is 0.375 bits per heavy atom. The highest BCUT2D eigenvalue weighted by atomic mass is 14.3. The normalized spacial score (nSPS) is 18.4. The molecule has 0 spiro atoms. The summed E-state index contributed by atoms with van der Waals surface area (Å²) in [6.07, 6.45) is 13.7. The van der Waals surface area contributed by atoms with E-state index in [0.29, 0.717) is 0 Å². The molecule has 32 heavy (non-hydrogen) atoms. The highest BCUT2D eigenvalue weighted by Crippen LogP contribution is 2.43. The van der Waals surface area contributed by atoms with Crippen LogP contribution >= 0.6 is 0 Å². The molecule has 2 aliphatic carbocycles. The third kappa shape index (κ3) is 3.54. The highest BCUT2D eigenvalue weighted by Gasteiger charge is 2.21. The van der Waals surface area contributed by atoms with E-state index in [1.807, 2.05) is 0 Å². The van der Waals surface area contributed by atoms with Gasteiger partial charge in [-0.05, 0) is 81.3 Å². The fraction of sp³-hybridized carbons (Fsp3) is 0.375. The summed E-state index contributed by atoms with van der Waals surface area (Å²) in [4.78, 5) is 0. The second-order valence-electron chi connectivity index (χ2n) is 10.2. The van der Waals surface area contributed by atoms with E-state index in [0.717, 1.165) is 11.8 Å². The Hall–Kier alpha value is -2.60. The van der Waals surface area contributed by atoms with Gasteiger partial charge in [0.2, 0.25) is 0 Å². The molecule has 0 nitrogen and oxygen atoms in total. The van der Waals surface area contributed by atoms with Crippen LogP contribution in [0.15, 0.2) is 72.8 Å². The smallest absolute Gasteiger partial charge is 0.00990 e. The van der Waals surface area contributed by atoms with Crippen LogP contribution in [0.25, 0.3) is 32.7 Å². The Labute approximate surface area is 192 Å². The van der Waals surface area contributed by atoms with Gasteiger partial charge in [0, 0.05) is 0 Å². The third-order valence-electron chi connectivity index (χ3n) is 8.30. The minimum atomic E-state index is 0.730. The van der Waals surface area contributed by atoms with Gasteiger partial charge in [-0.3, -0.25) is 0 Å². The van der Waals surface area contributed by atoms with E-state index < -0.39 is 0 Å². The van der Waals surface area contributed by atoms with E-state index in [4.69, 9.17) is 0 Å². The summed E-state index contributed by atoms with van der Waals surface area (Å²) in [6, 6.07) is 28.1. The zero-order chi connectivity index (χ0) is 21.3. The summed E-state index contributed by atoms with van der Waals surface area (Å²) < 4.78 is 0. The molecule has 2 fully saturated rings. The summed E-state index contributed by atoms with van der Waals surface area (Å²) in [7, 11) is 0. The van der Waals surface area contributed by atoms with Crippen molar-refractivity contribution in [2.75, 3.05) is 0 Å². The topological polar surface area (TPSA) is 0 Å². The minimum absolute atomic E-state index is 0.730. The zero-order valence-corrected chi connectivity index (χ0v) is 19.2. The van der Waals surface area contributed by atoms with Crippen LogP contribution in [0, 0.1) is 0 Å². The van der Waals surface area contributed by atoms with Crippen molar-refractivity contribution in [2.45, 2.75) is 76.0 Å². The van der Waals surface area contributed by atoms with Crippen molar-refractivity contribution in [3.63, 3.8) is 0 Å².